The molecule has 2 atom stereocenters. The third-order valence-corrected chi connectivity index (χ3v) is 7.60. The van der Waals surface area contributed by atoms with Crippen LogP contribution in [0, 0.1) is 6.92 Å². The zero-order valence-electron chi connectivity index (χ0n) is 18.8. The maximum atomic E-state index is 13.1. The van der Waals surface area contributed by atoms with Gasteiger partial charge in [-0.15, -0.1) is 0 Å². The van der Waals surface area contributed by atoms with Crippen LogP contribution in [0.5, 0.6) is 0 Å². The maximum absolute atomic E-state index is 13.1. The fourth-order valence-corrected chi connectivity index (χ4v) is 5.69. The molecule has 178 valence electrons. The van der Waals surface area contributed by atoms with Gasteiger partial charge >= 0.3 is 12.0 Å². The molecule has 2 aliphatic rings. The van der Waals surface area contributed by atoms with Crippen LogP contribution in [0.15, 0.2) is 6.07 Å². The number of nitrogens with one attached hydrogen (secondary N) is 2. The van der Waals surface area contributed by atoms with Crippen molar-refractivity contribution in [2.45, 2.75) is 58.1 Å². The fourth-order valence-electron chi connectivity index (χ4n) is 4.00. The van der Waals surface area contributed by atoms with Gasteiger partial charge in [-0.1, -0.05) is 0 Å². The second kappa shape index (κ2) is 8.73. The van der Waals surface area contributed by atoms with Gasteiger partial charge in [0.25, 0.3) is 5.91 Å². The smallest absolute Gasteiger partial charge is 0.339 e. The van der Waals surface area contributed by atoms with Gasteiger partial charge < -0.3 is 10.1 Å². The molecule has 11 nitrogen and oxygen atoms in total. The van der Waals surface area contributed by atoms with Gasteiger partial charge in [-0.25, -0.2) is 27.7 Å². The van der Waals surface area contributed by atoms with Crippen molar-refractivity contribution >= 4 is 38.8 Å². The Kier molecular flexibility index (Phi) is 6.12. The van der Waals surface area contributed by atoms with E-state index in [2.05, 4.69) is 15.7 Å². The van der Waals surface area contributed by atoms with Crippen LogP contribution < -0.4 is 10.6 Å². The molecular weight excluding hydrogens is 450 g/mol. The van der Waals surface area contributed by atoms with Crippen molar-refractivity contribution in [1.29, 1.82) is 0 Å². The molecule has 0 radical (unpaired) electrons. The maximum Gasteiger partial charge on any atom is 0.339 e. The van der Waals surface area contributed by atoms with Crippen LogP contribution in [0.2, 0.25) is 0 Å². The van der Waals surface area contributed by atoms with Gasteiger partial charge in [-0.3, -0.25) is 10.1 Å². The molecular formula is C21H27N5O6S. The molecule has 0 bridgehead atoms. The number of amides is 3. The first-order valence-electron chi connectivity index (χ1n) is 11.0. The standard InChI is InChI=1S/C21H27N5O6S/c1-4-22-21(29)24-19(27)12(3)32-20(28)15-9-16(13-5-6-13)23-18-17(15)11(2)25-26(18)14-7-8-33(30,31)10-14/h9,12-14H,4-8,10H2,1-3H3,(H2,22,24,27,29). The number of aryl methyl sites for hydroxylation is 1. The highest BCUT2D eigenvalue weighted by molar-refractivity contribution is 7.91. The summed E-state index contributed by atoms with van der Waals surface area (Å²) in [5.74, 6) is -1.19. The second-order valence-corrected chi connectivity index (χ2v) is 10.8. The number of sulfone groups is 1. The first-order chi connectivity index (χ1) is 15.6. The summed E-state index contributed by atoms with van der Waals surface area (Å²) >= 11 is 0. The Labute approximate surface area is 191 Å². The number of carbonyl (C=O) groups is 3. The Balaban J connectivity index is 1.66. The zero-order chi connectivity index (χ0) is 23.9. The molecule has 2 unspecified atom stereocenters. The lowest BCUT2D eigenvalue weighted by Gasteiger charge is -2.15. The highest BCUT2D eigenvalue weighted by Gasteiger charge is 2.34. The number of imide groups is 1. The topological polar surface area (TPSA) is 149 Å². The predicted octanol–water partition coefficient (Wildman–Crippen LogP) is 1.37. The van der Waals surface area contributed by atoms with E-state index in [1.165, 1.54) is 6.92 Å². The molecule has 0 spiro atoms. The van der Waals surface area contributed by atoms with Crippen LogP contribution in [0.3, 0.4) is 0 Å². The number of hydrogen-bond donors (Lipinski definition) is 2. The van der Waals surface area contributed by atoms with E-state index in [0.717, 1.165) is 18.5 Å². The van der Waals surface area contributed by atoms with E-state index in [9.17, 15) is 22.8 Å². The van der Waals surface area contributed by atoms with Crippen molar-refractivity contribution < 1.29 is 27.5 Å². The molecule has 2 N–H and O–H groups in total. The summed E-state index contributed by atoms with van der Waals surface area (Å²) in [6.45, 7) is 5.16. The highest BCUT2D eigenvalue weighted by Crippen LogP contribution is 2.41. The van der Waals surface area contributed by atoms with E-state index in [4.69, 9.17) is 9.72 Å². The fraction of sp³-hybridized carbons (Fsp3) is 0.571. The molecule has 12 heteroatoms. The summed E-state index contributed by atoms with van der Waals surface area (Å²) in [6.07, 6.45) is 1.13. The number of aromatic nitrogens is 3. The molecule has 0 aromatic carbocycles. The molecule has 1 saturated heterocycles. The molecule has 2 aromatic rings. The SMILES string of the molecule is CCNC(=O)NC(=O)C(C)OC(=O)c1cc(C2CC2)nc2c1c(C)nn2C1CCS(=O)(=O)C1. The normalized spacial score (nSPS) is 20.4. The van der Waals surface area contributed by atoms with E-state index in [1.807, 2.05) is 0 Å². The largest absolute Gasteiger partial charge is 0.449 e. The molecule has 1 aliphatic heterocycles. The van der Waals surface area contributed by atoms with Gasteiger partial charge in [0.2, 0.25) is 0 Å². The van der Waals surface area contributed by atoms with Crippen LogP contribution in [0.25, 0.3) is 11.0 Å². The first kappa shape index (κ1) is 23.1. The van der Waals surface area contributed by atoms with E-state index < -0.39 is 33.8 Å². The Morgan fingerprint density at radius 2 is 2.00 bits per heavy atom. The number of nitrogens with zero attached hydrogens (tertiary/aromatic N) is 3. The molecule has 3 amide bonds. The minimum Gasteiger partial charge on any atom is -0.449 e. The summed E-state index contributed by atoms with van der Waals surface area (Å²) in [7, 11) is -3.14. The van der Waals surface area contributed by atoms with E-state index in [0.29, 0.717) is 29.7 Å². The van der Waals surface area contributed by atoms with Gasteiger partial charge in [0.1, 0.15) is 0 Å². The van der Waals surface area contributed by atoms with Crippen LogP contribution in [0.4, 0.5) is 4.79 Å². The molecule has 33 heavy (non-hydrogen) atoms. The minimum atomic E-state index is -3.14. The van der Waals surface area contributed by atoms with Gasteiger partial charge in [-0.2, -0.15) is 5.10 Å². The molecule has 1 saturated carbocycles. The van der Waals surface area contributed by atoms with Crippen LogP contribution >= 0.6 is 0 Å². The van der Waals surface area contributed by atoms with Crippen molar-refractivity contribution in [3.63, 3.8) is 0 Å². The molecule has 1 aliphatic carbocycles. The highest BCUT2D eigenvalue weighted by atomic mass is 32.2. The van der Waals surface area contributed by atoms with Crippen LogP contribution in [-0.2, 0) is 19.4 Å². The molecule has 2 aromatic heterocycles. The van der Waals surface area contributed by atoms with Crippen molar-refractivity contribution in [3.05, 3.63) is 23.0 Å². The lowest BCUT2D eigenvalue weighted by Crippen LogP contribution is -2.44. The average Bonchev–Trinajstić information content (AvgIpc) is 3.46. The summed E-state index contributed by atoms with van der Waals surface area (Å²) in [5.41, 5.74) is 1.92. The molecule has 4 rings (SSSR count). The Morgan fingerprint density at radius 1 is 1.27 bits per heavy atom. The van der Waals surface area contributed by atoms with Crippen molar-refractivity contribution in [2.24, 2.45) is 0 Å². The summed E-state index contributed by atoms with van der Waals surface area (Å²) in [4.78, 5) is 41.6. The Hall–Kier alpha value is -3.02. The number of carbonyl (C=O) groups excluding carboxylic acids is 3. The van der Waals surface area contributed by atoms with Gasteiger partial charge in [0, 0.05) is 18.2 Å². The van der Waals surface area contributed by atoms with Crippen molar-refractivity contribution in [1.82, 2.24) is 25.4 Å². The number of hydrogen-bond acceptors (Lipinski definition) is 8. The average molecular weight is 478 g/mol. The van der Waals surface area contributed by atoms with Gasteiger partial charge in [0.15, 0.2) is 21.6 Å². The van der Waals surface area contributed by atoms with Crippen molar-refractivity contribution in [2.75, 3.05) is 18.1 Å². The van der Waals surface area contributed by atoms with Gasteiger partial charge in [-0.05, 0) is 46.1 Å². The Bertz CT molecular complexity index is 1230. The zero-order valence-corrected chi connectivity index (χ0v) is 19.6. The minimum absolute atomic E-state index is 0.0185. The summed E-state index contributed by atoms with van der Waals surface area (Å²) in [6, 6.07) is 0.649. The number of pyridine rings is 1. The second-order valence-electron chi connectivity index (χ2n) is 8.55. The summed E-state index contributed by atoms with van der Waals surface area (Å²) in [5, 5.41) is 9.56. The third kappa shape index (κ3) is 4.85. The lowest BCUT2D eigenvalue weighted by atomic mass is 10.1. The number of rotatable bonds is 6. The van der Waals surface area contributed by atoms with Crippen LogP contribution in [-0.4, -0.2) is 65.2 Å². The number of urea groups is 1. The van der Waals surface area contributed by atoms with E-state index >= 15 is 0 Å². The summed E-state index contributed by atoms with van der Waals surface area (Å²) < 4.78 is 31.0. The number of ether oxygens (including phenoxy) is 1. The first-order valence-corrected chi connectivity index (χ1v) is 12.8. The third-order valence-electron chi connectivity index (χ3n) is 5.85. The Morgan fingerprint density at radius 3 is 2.61 bits per heavy atom. The van der Waals surface area contributed by atoms with Crippen molar-refractivity contribution in [3.8, 4) is 0 Å². The molecule has 2 fully saturated rings. The molecule has 3 heterocycles. The van der Waals surface area contributed by atoms with Crippen LogP contribution in [0.1, 0.15) is 66.8 Å². The lowest BCUT2D eigenvalue weighted by molar-refractivity contribution is -0.127. The predicted molar refractivity (Wildman–Crippen MR) is 119 cm³/mol. The number of fused-ring (bicyclic) bond motifs is 1. The monoisotopic (exact) mass is 477 g/mol. The quantitative estimate of drug-likeness (QED) is 0.592. The van der Waals surface area contributed by atoms with Gasteiger partial charge in [0.05, 0.1) is 34.2 Å². The van der Waals surface area contributed by atoms with E-state index in [1.54, 1.807) is 24.6 Å². The number of esters is 1. The van der Waals surface area contributed by atoms with E-state index in [-0.39, 0.29) is 29.0 Å².